The number of hydrogen-bond acceptors (Lipinski definition) is 3. The highest BCUT2D eigenvalue weighted by atomic mass is 79.9. The van der Waals surface area contributed by atoms with Crippen molar-refractivity contribution in [1.29, 1.82) is 0 Å². The van der Waals surface area contributed by atoms with Gasteiger partial charge in [-0.05, 0) is 19.4 Å². The van der Waals surface area contributed by atoms with Gasteiger partial charge in [0, 0.05) is 17.5 Å². The van der Waals surface area contributed by atoms with Gasteiger partial charge < -0.3 is 21.9 Å². The van der Waals surface area contributed by atoms with E-state index in [2.05, 4.69) is 47.3 Å². The summed E-state index contributed by atoms with van der Waals surface area (Å²) >= 11 is 1.74. The summed E-state index contributed by atoms with van der Waals surface area (Å²) in [4.78, 5) is 6.80. The van der Waals surface area contributed by atoms with Crippen LogP contribution < -0.4 is 17.0 Å². The monoisotopic (exact) mass is 309 g/mol. The molecule has 0 bridgehead atoms. The Balaban J connectivity index is 0.00000108. The fourth-order valence-electron chi connectivity index (χ4n) is 2.23. The summed E-state index contributed by atoms with van der Waals surface area (Å²) in [6, 6.07) is 6.64. The topological polar surface area (TPSA) is 15.6 Å². The molecule has 0 fully saturated rings. The Morgan fingerprint density at radius 1 is 1.29 bits per heavy atom. The summed E-state index contributed by atoms with van der Waals surface area (Å²) < 4.78 is 0. The molecule has 2 aliphatic rings. The van der Waals surface area contributed by atoms with E-state index in [4.69, 9.17) is 0 Å². The van der Waals surface area contributed by atoms with E-state index in [9.17, 15) is 0 Å². The maximum atomic E-state index is 4.47. The molecule has 0 atom stereocenters. The molecule has 0 unspecified atom stereocenters. The average molecular weight is 310 g/mol. The quantitative estimate of drug-likeness (QED) is 0.727. The summed E-state index contributed by atoms with van der Waals surface area (Å²) in [5.74, 6) is 0. The van der Waals surface area contributed by atoms with E-state index >= 15 is 0 Å². The molecule has 0 saturated carbocycles. The first-order chi connectivity index (χ1) is 7.75. The third-order valence-corrected chi connectivity index (χ3v) is 3.93. The van der Waals surface area contributed by atoms with Crippen LogP contribution in [0.2, 0.25) is 0 Å². The second-order valence-corrected chi connectivity index (χ2v) is 5.09. The number of amidine groups is 1. The maximum Gasteiger partial charge on any atom is 0.168 e. The first kappa shape index (κ1) is 12.7. The van der Waals surface area contributed by atoms with Crippen LogP contribution in [0.25, 0.3) is 5.70 Å². The van der Waals surface area contributed by atoms with Crippen LogP contribution in [-0.4, -0.2) is 23.2 Å². The number of nitrogens with zero attached hydrogens (tertiary/aromatic N) is 2. The summed E-state index contributed by atoms with van der Waals surface area (Å²) in [5, 5.41) is 3.38. The van der Waals surface area contributed by atoms with E-state index < -0.39 is 0 Å². The molecule has 0 radical (unpaired) electrons. The summed E-state index contributed by atoms with van der Waals surface area (Å²) in [6.07, 6.45) is 0. The smallest absolute Gasteiger partial charge is 0.168 e. The molecule has 0 spiro atoms. The van der Waals surface area contributed by atoms with Crippen LogP contribution in [0.3, 0.4) is 0 Å². The molecular formula is C13H14BrN2S-. The van der Waals surface area contributed by atoms with Crippen molar-refractivity contribution < 1.29 is 17.0 Å². The van der Waals surface area contributed by atoms with E-state index in [1.807, 2.05) is 0 Å². The van der Waals surface area contributed by atoms with Crippen LogP contribution >= 0.6 is 11.8 Å². The lowest BCUT2D eigenvalue weighted by Gasteiger charge is -2.18. The number of aliphatic imine (C=N–C) groups is 1. The van der Waals surface area contributed by atoms with Crippen molar-refractivity contribution in [1.82, 2.24) is 4.90 Å². The number of thioether (sulfide) groups is 1. The number of benzene rings is 1. The average Bonchev–Trinajstić information content (AvgIpc) is 2.80. The van der Waals surface area contributed by atoms with Gasteiger partial charge in [0.25, 0.3) is 0 Å². The van der Waals surface area contributed by atoms with E-state index in [1.54, 1.807) is 11.8 Å². The fourth-order valence-corrected chi connectivity index (χ4v) is 3.19. The minimum Gasteiger partial charge on any atom is -1.00 e. The van der Waals surface area contributed by atoms with Crippen LogP contribution in [-0.2, 0) is 0 Å². The van der Waals surface area contributed by atoms with Crippen LogP contribution in [0.15, 0.2) is 28.6 Å². The maximum absolute atomic E-state index is 4.47. The third kappa shape index (κ3) is 2.16. The van der Waals surface area contributed by atoms with Crippen molar-refractivity contribution in [3.63, 3.8) is 0 Å². The molecule has 3 rings (SSSR count). The Labute approximate surface area is 117 Å². The van der Waals surface area contributed by atoms with E-state index in [0.717, 1.165) is 18.3 Å². The van der Waals surface area contributed by atoms with E-state index in [1.165, 1.54) is 22.4 Å². The molecule has 0 N–H and O–H groups in total. The third-order valence-electron chi connectivity index (χ3n) is 3.03. The lowest BCUT2D eigenvalue weighted by atomic mass is 10.0. The highest BCUT2D eigenvalue weighted by Gasteiger charge is 2.27. The van der Waals surface area contributed by atoms with Crippen LogP contribution in [0.5, 0.6) is 0 Å². The number of aryl methyl sites for hydroxylation is 2. The summed E-state index contributed by atoms with van der Waals surface area (Å²) in [5.41, 5.74) is 5.33. The molecule has 17 heavy (non-hydrogen) atoms. The summed E-state index contributed by atoms with van der Waals surface area (Å²) in [7, 11) is 0. The lowest BCUT2D eigenvalue weighted by molar-refractivity contribution is -0.00000329. The minimum absolute atomic E-state index is 0. The van der Waals surface area contributed by atoms with Crippen molar-refractivity contribution in [3.8, 4) is 0 Å². The zero-order chi connectivity index (χ0) is 11.1. The molecule has 1 aromatic rings. The zero-order valence-electron chi connectivity index (χ0n) is 9.90. The number of hydrogen-bond donors (Lipinski definition) is 0. The van der Waals surface area contributed by atoms with Crippen LogP contribution in [0, 0.1) is 13.8 Å². The molecular weight excluding hydrogens is 296 g/mol. The number of fused-ring (bicyclic) bond motifs is 1. The predicted octanol–water partition coefficient (Wildman–Crippen LogP) is 0.0242. The molecule has 0 saturated heterocycles. The number of halogens is 1. The van der Waals surface area contributed by atoms with E-state index in [-0.39, 0.29) is 17.0 Å². The van der Waals surface area contributed by atoms with Gasteiger partial charge in [0.1, 0.15) is 0 Å². The van der Waals surface area contributed by atoms with Crippen LogP contribution in [0.4, 0.5) is 0 Å². The normalized spacial score (nSPS) is 17.4. The predicted molar refractivity (Wildman–Crippen MR) is 70.5 cm³/mol. The van der Waals surface area contributed by atoms with Gasteiger partial charge >= 0.3 is 0 Å². The Hall–Kier alpha value is -0.740. The minimum atomic E-state index is 0. The van der Waals surface area contributed by atoms with Gasteiger partial charge in [0.05, 0.1) is 12.2 Å². The van der Waals surface area contributed by atoms with Crippen molar-refractivity contribution >= 4 is 22.6 Å². The van der Waals surface area contributed by atoms with Gasteiger partial charge in [-0.2, -0.15) is 0 Å². The molecule has 2 aliphatic heterocycles. The highest BCUT2D eigenvalue weighted by Crippen LogP contribution is 2.36. The van der Waals surface area contributed by atoms with Gasteiger partial charge in [-0.3, -0.25) is 4.99 Å². The number of rotatable bonds is 1. The Kier molecular flexibility index (Phi) is 3.64. The molecule has 90 valence electrons. The largest absolute Gasteiger partial charge is 1.00 e. The molecule has 0 amide bonds. The van der Waals surface area contributed by atoms with Crippen molar-refractivity contribution in [2.75, 3.05) is 13.1 Å². The van der Waals surface area contributed by atoms with Gasteiger partial charge in [-0.15, -0.1) is 0 Å². The second-order valence-electron chi connectivity index (χ2n) is 4.26. The SMILES string of the molecule is Cc1ccc(C2=CSC3=NCCN23)c(C)c1.[Br-]. The fraction of sp³-hybridized carbons (Fsp3) is 0.308. The van der Waals surface area contributed by atoms with Crippen molar-refractivity contribution in [3.05, 3.63) is 40.3 Å². The first-order valence-corrected chi connectivity index (χ1v) is 6.40. The standard InChI is InChI=1S/C13H14N2S.BrH/c1-9-3-4-11(10(2)7-9)12-8-16-13-14-5-6-15(12)13;/h3-4,7-8H,5-6H2,1-2H3;1H/p-1. The second kappa shape index (κ2) is 4.86. The van der Waals surface area contributed by atoms with Crippen LogP contribution in [0.1, 0.15) is 16.7 Å². The summed E-state index contributed by atoms with van der Waals surface area (Å²) in [6.45, 7) is 6.28. The highest BCUT2D eigenvalue weighted by molar-refractivity contribution is 8.16. The zero-order valence-corrected chi connectivity index (χ0v) is 12.3. The lowest BCUT2D eigenvalue weighted by Crippen LogP contribution is -3.00. The van der Waals surface area contributed by atoms with Gasteiger partial charge in [-0.25, -0.2) is 0 Å². The molecule has 4 heteroatoms. The van der Waals surface area contributed by atoms with E-state index in [0.29, 0.717) is 0 Å². The van der Waals surface area contributed by atoms with Gasteiger partial charge in [0.15, 0.2) is 5.17 Å². The molecule has 1 aromatic carbocycles. The molecule has 0 aromatic heterocycles. The molecule has 2 heterocycles. The Morgan fingerprint density at radius 2 is 2.12 bits per heavy atom. The van der Waals surface area contributed by atoms with Crippen molar-refractivity contribution in [2.24, 2.45) is 4.99 Å². The Bertz CT molecular complexity index is 508. The molecule has 0 aliphatic carbocycles. The molecule has 2 nitrogen and oxygen atoms in total. The van der Waals surface area contributed by atoms with Gasteiger partial charge in [0.2, 0.25) is 0 Å². The van der Waals surface area contributed by atoms with Crippen molar-refractivity contribution in [2.45, 2.75) is 13.8 Å². The first-order valence-electron chi connectivity index (χ1n) is 5.52. The Morgan fingerprint density at radius 3 is 2.88 bits per heavy atom. The van der Waals surface area contributed by atoms with Gasteiger partial charge in [-0.1, -0.05) is 35.5 Å².